The van der Waals surface area contributed by atoms with Crippen LogP contribution < -0.4 is 9.47 Å². The van der Waals surface area contributed by atoms with E-state index in [0.717, 1.165) is 44.5 Å². The lowest BCUT2D eigenvalue weighted by Crippen LogP contribution is -2.00. The SMILES string of the molecule is c1ccc2c3c(ccc2c1)Oc1ccc2ccccc2c1O3. The van der Waals surface area contributed by atoms with E-state index < -0.39 is 0 Å². The molecule has 0 fully saturated rings. The lowest BCUT2D eigenvalue weighted by atomic mass is 10.1. The molecule has 0 radical (unpaired) electrons. The minimum absolute atomic E-state index is 0.765. The van der Waals surface area contributed by atoms with E-state index in [-0.39, 0.29) is 0 Å². The fourth-order valence-corrected chi connectivity index (χ4v) is 3.04. The summed E-state index contributed by atoms with van der Waals surface area (Å²) in [6.07, 6.45) is 0. The Labute approximate surface area is 127 Å². The van der Waals surface area contributed by atoms with Crippen LogP contribution >= 0.6 is 0 Å². The summed E-state index contributed by atoms with van der Waals surface area (Å²) in [6.45, 7) is 0. The second-order valence-electron chi connectivity index (χ2n) is 5.43. The van der Waals surface area contributed by atoms with E-state index in [0.29, 0.717) is 0 Å². The van der Waals surface area contributed by atoms with E-state index in [2.05, 4.69) is 36.4 Å². The van der Waals surface area contributed by atoms with Crippen LogP contribution in [0, 0.1) is 0 Å². The Kier molecular flexibility index (Phi) is 2.25. The normalized spacial score (nSPS) is 12.4. The standard InChI is InChI=1S/C20H12O2/c1-3-7-15-13(5-1)9-11-17-19(15)22-20-16-8-4-2-6-14(16)10-12-18(20)21-17/h1-12H. The molecule has 2 nitrogen and oxygen atoms in total. The molecule has 104 valence electrons. The predicted octanol–water partition coefficient (Wildman–Crippen LogP) is 5.89. The molecule has 0 atom stereocenters. The van der Waals surface area contributed by atoms with Gasteiger partial charge in [-0.2, -0.15) is 0 Å². The minimum Gasteiger partial charge on any atom is -0.449 e. The van der Waals surface area contributed by atoms with Crippen LogP contribution in [-0.4, -0.2) is 0 Å². The van der Waals surface area contributed by atoms with Gasteiger partial charge in [-0.25, -0.2) is 0 Å². The van der Waals surface area contributed by atoms with E-state index in [1.165, 1.54) is 0 Å². The van der Waals surface area contributed by atoms with Crippen LogP contribution in [0.1, 0.15) is 0 Å². The number of fused-ring (bicyclic) bond motifs is 6. The van der Waals surface area contributed by atoms with Gasteiger partial charge >= 0.3 is 0 Å². The van der Waals surface area contributed by atoms with Gasteiger partial charge in [0.2, 0.25) is 0 Å². The van der Waals surface area contributed by atoms with Crippen molar-refractivity contribution >= 4 is 21.5 Å². The summed E-state index contributed by atoms with van der Waals surface area (Å²) in [4.78, 5) is 0. The van der Waals surface area contributed by atoms with Crippen LogP contribution in [0.3, 0.4) is 0 Å². The molecule has 0 spiro atoms. The quantitative estimate of drug-likeness (QED) is 0.353. The van der Waals surface area contributed by atoms with E-state index in [4.69, 9.17) is 9.47 Å². The zero-order valence-electron chi connectivity index (χ0n) is 11.7. The predicted molar refractivity (Wildman–Crippen MR) is 88.0 cm³/mol. The van der Waals surface area contributed by atoms with Crippen molar-refractivity contribution in [1.82, 2.24) is 0 Å². The molecule has 1 aliphatic heterocycles. The summed E-state index contributed by atoms with van der Waals surface area (Å²) in [7, 11) is 0. The third kappa shape index (κ3) is 1.55. The summed E-state index contributed by atoms with van der Waals surface area (Å²) >= 11 is 0. The number of ether oxygens (including phenoxy) is 2. The highest BCUT2D eigenvalue weighted by atomic mass is 16.6. The molecule has 4 aromatic carbocycles. The Morgan fingerprint density at radius 3 is 1.50 bits per heavy atom. The van der Waals surface area contributed by atoms with Crippen molar-refractivity contribution < 1.29 is 9.47 Å². The van der Waals surface area contributed by atoms with Gasteiger partial charge in [0.15, 0.2) is 23.0 Å². The smallest absolute Gasteiger partial charge is 0.177 e. The Morgan fingerprint density at radius 2 is 0.955 bits per heavy atom. The molecule has 1 heterocycles. The van der Waals surface area contributed by atoms with Gasteiger partial charge in [0.25, 0.3) is 0 Å². The fourth-order valence-electron chi connectivity index (χ4n) is 3.04. The summed E-state index contributed by atoms with van der Waals surface area (Å²) in [5.41, 5.74) is 0. The zero-order chi connectivity index (χ0) is 14.5. The summed E-state index contributed by atoms with van der Waals surface area (Å²) in [5, 5.41) is 4.43. The molecule has 0 saturated heterocycles. The Bertz CT molecular complexity index is 951. The molecule has 0 unspecified atom stereocenters. The summed E-state index contributed by atoms with van der Waals surface area (Å²) in [6, 6.07) is 24.4. The van der Waals surface area contributed by atoms with Gasteiger partial charge in [-0.3, -0.25) is 0 Å². The molecule has 0 aromatic heterocycles. The molecule has 1 aliphatic rings. The minimum atomic E-state index is 0.765. The van der Waals surface area contributed by atoms with Crippen molar-refractivity contribution in [2.24, 2.45) is 0 Å². The van der Waals surface area contributed by atoms with Gasteiger partial charge in [-0.05, 0) is 22.9 Å². The van der Waals surface area contributed by atoms with Gasteiger partial charge in [-0.15, -0.1) is 0 Å². The molecule has 0 aliphatic carbocycles. The highest BCUT2D eigenvalue weighted by Crippen LogP contribution is 2.50. The Morgan fingerprint density at radius 1 is 0.455 bits per heavy atom. The van der Waals surface area contributed by atoms with Crippen molar-refractivity contribution in [2.45, 2.75) is 0 Å². The molecule has 0 bridgehead atoms. The van der Waals surface area contributed by atoms with Crippen molar-refractivity contribution in [1.29, 1.82) is 0 Å². The largest absolute Gasteiger partial charge is 0.449 e. The first kappa shape index (κ1) is 11.6. The first-order valence-corrected chi connectivity index (χ1v) is 7.29. The lowest BCUT2D eigenvalue weighted by Gasteiger charge is -2.23. The monoisotopic (exact) mass is 284 g/mol. The van der Waals surface area contributed by atoms with Crippen molar-refractivity contribution in [3.05, 3.63) is 72.8 Å². The molecule has 0 N–H and O–H groups in total. The van der Waals surface area contributed by atoms with Gasteiger partial charge in [-0.1, -0.05) is 60.7 Å². The molecular formula is C20H12O2. The van der Waals surface area contributed by atoms with E-state index in [9.17, 15) is 0 Å². The average Bonchev–Trinajstić information content (AvgIpc) is 2.60. The van der Waals surface area contributed by atoms with Crippen LogP contribution in [0.25, 0.3) is 21.5 Å². The Hall–Kier alpha value is -3.00. The van der Waals surface area contributed by atoms with Crippen molar-refractivity contribution in [3.63, 3.8) is 0 Å². The maximum atomic E-state index is 6.28. The molecule has 0 saturated carbocycles. The Balaban J connectivity index is 1.80. The summed E-state index contributed by atoms with van der Waals surface area (Å²) in [5.74, 6) is 3.12. The lowest BCUT2D eigenvalue weighted by molar-refractivity contribution is 0.367. The van der Waals surface area contributed by atoms with Gasteiger partial charge in [0.05, 0.1) is 0 Å². The van der Waals surface area contributed by atoms with Gasteiger partial charge in [0, 0.05) is 10.8 Å². The topological polar surface area (TPSA) is 18.5 Å². The van der Waals surface area contributed by atoms with E-state index >= 15 is 0 Å². The third-order valence-electron chi connectivity index (χ3n) is 4.11. The van der Waals surface area contributed by atoms with Crippen LogP contribution in [0.5, 0.6) is 23.0 Å². The average molecular weight is 284 g/mol. The van der Waals surface area contributed by atoms with Gasteiger partial charge < -0.3 is 9.47 Å². The maximum Gasteiger partial charge on any atom is 0.177 e. The zero-order valence-corrected chi connectivity index (χ0v) is 11.7. The van der Waals surface area contributed by atoms with E-state index in [1.807, 2.05) is 36.4 Å². The number of hydrogen-bond acceptors (Lipinski definition) is 2. The maximum absolute atomic E-state index is 6.28. The number of rotatable bonds is 0. The van der Waals surface area contributed by atoms with Gasteiger partial charge in [0.1, 0.15) is 0 Å². The highest BCUT2D eigenvalue weighted by molar-refractivity contribution is 5.95. The van der Waals surface area contributed by atoms with Crippen molar-refractivity contribution in [3.8, 4) is 23.0 Å². The van der Waals surface area contributed by atoms with Crippen LogP contribution in [0.4, 0.5) is 0 Å². The molecular weight excluding hydrogens is 272 g/mol. The molecule has 22 heavy (non-hydrogen) atoms. The summed E-state index contributed by atoms with van der Waals surface area (Å²) < 4.78 is 12.3. The van der Waals surface area contributed by atoms with Crippen LogP contribution in [-0.2, 0) is 0 Å². The molecule has 5 rings (SSSR count). The number of hydrogen-bond donors (Lipinski definition) is 0. The number of benzene rings is 4. The molecule has 4 aromatic rings. The van der Waals surface area contributed by atoms with Crippen molar-refractivity contribution in [2.75, 3.05) is 0 Å². The first-order valence-electron chi connectivity index (χ1n) is 7.29. The van der Waals surface area contributed by atoms with Crippen LogP contribution in [0.15, 0.2) is 72.8 Å². The highest BCUT2D eigenvalue weighted by Gasteiger charge is 2.22. The second-order valence-corrected chi connectivity index (χ2v) is 5.43. The fraction of sp³-hybridized carbons (Fsp3) is 0. The van der Waals surface area contributed by atoms with E-state index in [1.54, 1.807) is 0 Å². The molecule has 2 heteroatoms. The first-order chi connectivity index (χ1) is 10.9. The third-order valence-corrected chi connectivity index (χ3v) is 4.11. The second kappa shape index (κ2) is 4.25. The van der Waals surface area contributed by atoms with Crippen LogP contribution in [0.2, 0.25) is 0 Å². The molecule has 0 amide bonds.